The van der Waals surface area contributed by atoms with E-state index in [0.717, 1.165) is 16.7 Å². The molecule has 0 saturated carbocycles. The van der Waals surface area contributed by atoms with Crippen LogP contribution in [-0.2, 0) is 6.54 Å². The van der Waals surface area contributed by atoms with Gasteiger partial charge >= 0.3 is 12.5 Å². The van der Waals surface area contributed by atoms with Crippen molar-refractivity contribution in [3.8, 4) is 5.75 Å². The molecule has 3 aromatic rings. The average molecular weight is 458 g/mol. The monoisotopic (exact) mass is 457 g/mol. The van der Waals surface area contributed by atoms with E-state index in [-0.39, 0.29) is 5.02 Å². The van der Waals surface area contributed by atoms with E-state index in [4.69, 9.17) is 21.1 Å². The first-order chi connectivity index (χ1) is 14.7. The summed E-state index contributed by atoms with van der Waals surface area (Å²) < 4.78 is 45.3. The number of oxazole rings is 1. The largest absolute Gasteiger partial charge is 0.573 e. The summed E-state index contributed by atoms with van der Waals surface area (Å²) in [5.41, 5.74) is 2.50. The highest BCUT2D eigenvalue weighted by Crippen LogP contribution is 2.31. The minimum Gasteiger partial charge on any atom is -0.465 e. The normalized spacial score (nSPS) is 14.8. The maximum Gasteiger partial charge on any atom is 0.573 e. The highest BCUT2D eigenvalue weighted by Gasteiger charge is 2.32. The Morgan fingerprint density at radius 3 is 2.48 bits per heavy atom. The Kier molecular flexibility index (Phi) is 7.24. The number of halogens is 4. The molecule has 31 heavy (non-hydrogen) atoms. The summed E-state index contributed by atoms with van der Waals surface area (Å²) >= 11 is 5.79. The lowest BCUT2D eigenvalue weighted by atomic mass is 10.2. The fraction of sp³-hybridized carbons (Fsp3) is 0.300. The SMILES string of the molecule is O=C(O)N1CCN(Cc2ccc(OC(F)(F)F)c(Cl)c2)CC1.c1ccc2ocnc2c1. The molecule has 1 saturated heterocycles. The lowest BCUT2D eigenvalue weighted by molar-refractivity contribution is -0.274. The molecule has 0 atom stereocenters. The number of alkyl halides is 3. The number of carboxylic acid groups (broad SMARTS) is 1. The number of rotatable bonds is 3. The number of ether oxygens (including phenoxy) is 1. The predicted octanol–water partition coefficient (Wildman–Crippen LogP) is 4.86. The van der Waals surface area contributed by atoms with Crippen LogP contribution in [0.2, 0.25) is 5.02 Å². The molecule has 2 heterocycles. The molecule has 4 rings (SSSR count). The molecule has 2 aromatic carbocycles. The van der Waals surface area contributed by atoms with E-state index in [1.54, 1.807) is 0 Å². The Balaban J connectivity index is 0.000000248. The third-order valence-electron chi connectivity index (χ3n) is 4.51. The fourth-order valence-electron chi connectivity index (χ4n) is 3.01. The number of aromatic nitrogens is 1. The Morgan fingerprint density at radius 2 is 1.87 bits per heavy atom. The van der Waals surface area contributed by atoms with Gasteiger partial charge in [0.1, 0.15) is 11.3 Å². The van der Waals surface area contributed by atoms with Gasteiger partial charge in [0.15, 0.2) is 12.0 Å². The molecule has 1 amide bonds. The zero-order chi connectivity index (χ0) is 22.4. The molecular weight excluding hydrogens is 439 g/mol. The Bertz CT molecular complexity index is 990. The zero-order valence-corrected chi connectivity index (χ0v) is 16.9. The summed E-state index contributed by atoms with van der Waals surface area (Å²) in [5, 5.41) is 8.75. The molecule has 1 N–H and O–H groups in total. The number of benzene rings is 2. The van der Waals surface area contributed by atoms with Crippen LogP contribution in [0.15, 0.2) is 53.3 Å². The van der Waals surface area contributed by atoms with Gasteiger partial charge < -0.3 is 19.2 Å². The van der Waals surface area contributed by atoms with Crippen molar-refractivity contribution in [2.45, 2.75) is 12.9 Å². The summed E-state index contributed by atoms with van der Waals surface area (Å²) in [6.07, 6.45) is -4.28. The van der Waals surface area contributed by atoms with Gasteiger partial charge in [-0.3, -0.25) is 4.90 Å². The number of hydrogen-bond donors (Lipinski definition) is 1. The predicted molar refractivity (Wildman–Crippen MR) is 107 cm³/mol. The topological polar surface area (TPSA) is 79.0 Å². The second kappa shape index (κ2) is 9.88. The van der Waals surface area contributed by atoms with Gasteiger partial charge in [-0.1, -0.05) is 29.8 Å². The van der Waals surface area contributed by atoms with Crippen molar-refractivity contribution >= 4 is 28.8 Å². The van der Waals surface area contributed by atoms with E-state index in [9.17, 15) is 18.0 Å². The van der Waals surface area contributed by atoms with Crippen molar-refractivity contribution in [2.75, 3.05) is 26.2 Å². The van der Waals surface area contributed by atoms with Crippen molar-refractivity contribution in [1.29, 1.82) is 0 Å². The number of carbonyl (C=O) groups is 1. The number of amides is 1. The molecule has 1 aliphatic rings. The quantitative estimate of drug-likeness (QED) is 0.605. The summed E-state index contributed by atoms with van der Waals surface area (Å²) in [6.45, 7) is 2.41. The Labute approximate surface area is 180 Å². The van der Waals surface area contributed by atoms with Crippen molar-refractivity contribution in [3.05, 3.63) is 59.4 Å². The van der Waals surface area contributed by atoms with Gasteiger partial charge in [-0.2, -0.15) is 0 Å². The van der Waals surface area contributed by atoms with Gasteiger partial charge in [0.25, 0.3) is 0 Å². The van der Waals surface area contributed by atoms with Crippen LogP contribution in [-0.4, -0.2) is 58.5 Å². The van der Waals surface area contributed by atoms with Crippen LogP contribution in [0.5, 0.6) is 5.75 Å². The van der Waals surface area contributed by atoms with Gasteiger partial charge in [0.2, 0.25) is 0 Å². The second-order valence-electron chi connectivity index (χ2n) is 6.68. The van der Waals surface area contributed by atoms with Gasteiger partial charge in [-0.25, -0.2) is 9.78 Å². The van der Waals surface area contributed by atoms with Gasteiger partial charge in [0.05, 0.1) is 5.02 Å². The fourth-order valence-corrected chi connectivity index (χ4v) is 3.25. The van der Waals surface area contributed by atoms with Gasteiger partial charge in [0, 0.05) is 32.7 Å². The number of para-hydroxylation sites is 2. The van der Waals surface area contributed by atoms with E-state index in [1.807, 2.05) is 29.2 Å². The zero-order valence-electron chi connectivity index (χ0n) is 16.2. The van der Waals surface area contributed by atoms with Crippen molar-refractivity contribution in [2.24, 2.45) is 0 Å². The van der Waals surface area contributed by atoms with Crippen molar-refractivity contribution < 1.29 is 32.2 Å². The third kappa shape index (κ3) is 6.76. The molecule has 0 spiro atoms. The molecule has 166 valence electrons. The first-order valence-corrected chi connectivity index (χ1v) is 9.62. The maximum atomic E-state index is 12.2. The minimum absolute atomic E-state index is 0.112. The van der Waals surface area contributed by atoms with Crippen LogP contribution in [0.25, 0.3) is 11.1 Å². The van der Waals surface area contributed by atoms with E-state index < -0.39 is 18.2 Å². The van der Waals surface area contributed by atoms with E-state index in [0.29, 0.717) is 32.7 Å². The van der Waals surface area contributed by atoms with Crippen LogP contribution < -0.4 is 4.74 Å². The smallest absolute Gasteiger partial charge is 0.465 e. The summed E-state index contributed by atoms with van der Waals surface area (Å²) in [7, 11) is 0. The van der Waals surface area contributed by atoms with E-state index >= 15 is 0 Å². The highest BCUT2D eigenvalue weighted by molar-refractivity contribution is 6.32. The lowest BCUT2D eigenvalue weighted by Crippen LogP contribution is -2.47. The van der Waals surface area contributed by atoms with E-state index in [1.165, 1.54) is 29.5 Å². The third-order valence-corrected chi connectivity index (χ3v) is 4.80. The molecule has 7 nitrogen and oxygen atoms in total. The molecule has 0 aliphatic carbocycles. The maximum absolute atomic E-state index is 12.2. The van der Waals surface area contributed by atoms with Gasteiger partial charge in [-0.15, -0.1) is 13.2 Å². The Morgan fingerprint density at radius 1 is 1.16 bits per heavy atom. The molecule has 0 radical (unpaired) electrons. The summed E-state index contributed by atoms with van der Waals surface area (Å²) in [6, 6.07) is 11.8. The van der Waals surface area contributed by atoms with Crippen molar-refractivity contribution in [3.63, 3.8) is 0 Å². The number of nitrogens with zero attached hydrogens (tertiary/aromatic N) is 3. The highest BCUT2D eigenvalue weighted by atomic mass is 35.5. The Hall–Kier alpha value is -2.98. The molecule has 0 unspecified atom stereocenters. The van der Waals surface area contributed by atoms with Crippen LogP contribution in [0.4, 0.5) is 18.0 Å². The second-order valence-corrected chi connectivity index (χ2v) is 7.09. The number of piperazine rings is 1. The minimum atomic E-state index is -4.78. The molecule has 1 fully saturated rings. The van der Waals surface area contributed by atoms with Crippen LogP contribution in [0, 0.1) is 0 Å². The molecule has 11 heteroatoms. The lowest BCUT2D eigenvalue weighted by Gasteiger charge is -2.33. The first-order valence-electron chi connectivity index (χ1n) is 9.24. The standard InChI is InChI=1S/C13H14ClF3N2O3.C7H5NO/c14-10-7-9(1-2-11(10)22-13(15,16)17)8-18-3-5-19(6-4-18)12(20)21;1-2-4-7-6(3-1)8-5-9-7/h1-2,7H,3-6,8H2,(H,20,21);1-5H. The first kappa shape index (κ1) is 22.7. The van der Waals surface area contributed by atoms with Crippen LogP contribution in [0.1, 0.15) is 5.56 Å². The molecule has 1 aromatic heterocycles. The van der Waals surface area contributed by atoms with Crippen molar-refractivity contribution in [1.82, 2.24) is 14.8 Å². The van der Waals surface area contributed by atoms with Crippen LogP contribution in [0.3, 0.4) is 0 Å². The molecule has 1 aliphatic heterocycles. The van der Waals surface area contributed by atoms with E-state index in [2.05, 4.69) is 9.72 Å². The molecule has 0 bridgehead atoms. The average Bonchev–Trinajstić information content (AvgIpc) is 3.19. The molecular formula is C20H19ClF3N3O4. The number of hydrogen-bond acceptors (Lipinski definition) is 5. The number of fused-ring (bicyclic) bond motifs is 1. The van der Waals surface area contributed by atoms with Gasteiger partial charge in [-0.05, 0) is 29.8 Å². The van der Waals surface area contributed by atoms with Crippen LogP contribution >= 0.6 is 11.6 Å². The summed E-state index contributed by atoms with van der Waals surface area (Å²) in [5.74, 6) is -0.436. The summed E-state index contributed by atoms with van der Waals surface area (Å²) in [4.78, 5) is 18.1.